The van der Waals surface area contributed by atoms with Crippen molar-refractivity contribution in [3.8, 4) is 0 Å². The first-order valence-corrected chi connectivity index (χ1v) is 5.07. The van der Waals surface area contributed by atoms with Gasteiger partial charge in [-0.2, -0.15) is 0 Å². The lowest BCUT2D eigenvalue weighted by molar-refractivity contribution is -0.124. The third-order valence-corrected chi connectivity index (χ3v) is 2.96. The number of nitrogens with one attached hydrogen (secondary N) is 1. The van der Waals surface area contributed by atoms with Gasteiger partial charge in [-0.3, -0.25) is 14.8 Å². The molecular formula is C5H13N2O4P. The fourth-order valence-electron chi connectivity index (χ4n) is 0.646. The van der Waals surface area contributed by atoms with Crippen molar-refractivity contribution in [2.75, 3.05) is 13.3 Å². The second kappa shape index (κ2) is 4.57. The van der Waals surface area contributed by atoms with E-state index in [4.69, 9.17) is 10.7 Å². The van der Waals surface area contributed by atoms with E-state index in [1.165, 1.54) is 6.92 Å². The Morgan fingerprint density at radius 3 is 2.67 bits per heavy atom. The fourth-order valence-corrected chi connectivity index (χ4v) is 1.65. The number of carbonyl (C=O) groups excluding carboxylic acids is 1. The minimum absolute atomic E-state index is 0.230. The Labute approximate surface area is 70.6 Å². The molecule has 0 saturated heterocycles. The van der Waals surface area contributed by atoms with Gasteiger partial charge in [0.05, 0.1) is 6.16 Å². The first-order valence-electron chi connectivity index (χ1n) is 3.31. The second-order valence-corrected chi connectivity index (χ2v) is 4.42. The Morgan fingerprint density at radius 1 is 1.83 bits per heavy atom. The van der Waals surface area contributed by atoms with Crippen molar-refractivity contribution < 1.29 is 18.8 Å². The van der Waals surface area contributed by atoms with Gasteiger partial charge in [-0.05, 0) is 0 Å². The molecule has 0 radical (unpaired) electrons. The van der Waals surface area contributed by atoms with Gasteiger partial charge in [0.25, 0.3) is 0 Å². The summed E-state index contributed by atoms with van der Waals surface area (Å²) in [5.74, 6) is 3.70. The molecule has 1 unspecified atom stereocenters. The van der Waals surface area contributed by atoms with Gasteiger partial charge in [-0.1, -0.05) is 6.92 Å². The van der Waals surface area contributed by atoms with Crippen LogP contribution in [-0.4, -0.2) is 24.1 Å². The van der Waals surface area contributed by atoms with Crippen LogP contribution >= 0.6 is 7.60 Å². The fraction of sp³-hybridized carbons (Fsp3) is 0.800. The molecule has 1 amide bonds. The topological polar surface area (TPSA) is 102 Å². The van der Waals surface area contributed by atoms with E-state index in [0.717, 1.165) is 7.11 Å². The zero-order valence-corrected chi connectivity index (χ0v) is 7.88. The zero-order chi connectivity index (χ0) is 9.78. The van der Waals surface area contributed by atoms with Gasteiger partial charge in [0.15, 0.2) is 0 Å². The lowest BCUT2D eigenvalue weighted by atomic mass is 10.2. The average molecular weight is 196 g/mol. The molecule has 0 fully saturated rings. The van der Waals surface area contributed by atoms with Crippen molar-refractivity contribution in [2.45, 2.75) is 6.92 Å². The molecule has 12 heavy (non-hydrogen) atoms. The first-order chi connectivity index (χ1) is 5.43. The van der Waals surface area contributed by atoms with Crippen LogP contribution in [0.25, 0.3) is 0 Å². The molecular weight excluding hydrogens is 183 g/mol. The van der Waals surface area contributed by atoms with E-state index in [1.54, 1.807) is 0 Å². The molecule has 4 N–H and O–H groups in total. The van der Waals surface area contributed by atoms with Gasteiger partial charge in [-0.15, -0.1) is 0 Å². The van der Waals surface area contributed by atoms with Gasteiger partial charge in [0, 0.05) is 13.0 Å². The maximum absolute atomic E-state index is 10.9. The molecule has 0 heterocycles. The SMILES string of the molecule is COP(=O)(O)C[C@@H](C)C(=O)NN. The van der Waals surface area contributed by atoms with Crippen molar-refractivity contribution in [1.29, 1.82) is 0 Å². The molecule has 0 aromatic carbocycles. The van der Waals surface area contributed by atoms with Crippen LogP contribution in [0.5, 0.6) is 0 Å². The summed E-state index contributed by atoms with van der Waals surface area (Å²) in [4.78, 5) is 19.7. The Balaban J connectivity index is 4.09. The molecule has 0 bridgehead atoms. The van der Waals surface area contributed by atoms with Gasteiger partial charge < -0.3 is 9.42 Å². The van der Waals surface area contributed by atoms with Crippen molar-refractivity contribution in [2.24, 2.45) is 11.8 Å². The molecule has 72 valence electrons. The Kier molecular flexibility index (Phi) is 4.41. The van der Waals surface area contributed by atoms with E-state index in [2.05, 4.69) is 4.52 Å². The lowest BCUT2D eigenvalue weighted by Crippen LogP contribution is -2.36. The summed E-state index contributed by atoms with van der Waals surface area (Å²) in [7, 11) is -2.49. The normalized spacial score (nSPS) is 18.0. The van der Waals surface area contributed by atoms with Crippen molar-refractivity contribution in [3.05, 3.63) is 0 Å². The average Bonchev–Trinajstić information content (AvgIpc) is 2.02. The molecule has 0 rings (SSSR count). The molecule has 0 spiro atoms. The van der Waals surface area contributed by atoms with E-state index in [1.807, 2.05) is 5.43 Å². The Hall–Kier alpha value is -0.420. The van der Waals surface area contributed by atoms with Crippen LogP contribution < -0.4 is 11.3 Å². The summed E-state index contributed by atoms with van der Waals surface area (Å²) in [6.45, 7) is 1.49. The summed E-state index contributed by atoms with van der Waals surface area (Å²) in [6.07, 6.45) is -0.230. The molecule has 6 nitrogen and oxygen atoms in total. The van der Waals surface area contributed by atoms with Crippen molar-refractivity contribution in [3.63, 3.8) is 0 Å². The number of hydrogen-bond donors (Lipinski definition) is 3. The van der Waals surface area contributed by atoms with E-state index >= 15 is 0 Å². The predicted molar refractivity (Wildman–Crippen MR) is 43.2 cm³/mol. The van der Waals surface area contributed by atoms with Crippen LogP contribution in [0.3, 0.4) is 0 Å². The predicted octanol–water partition coefficient (Wildman–Crippen LogP) is -0.556. The lowest BCUT2D eigenvalue weighted by Gasteiger charge is -2.12. The van der Waals surface area contributed by atoms with Crippen LogP contribution in [0, 0.1) is 5.92 Å². The highest BCUT2D eigenvalue weighted by Crippen LogP contribution is 2.42. The highest BCUT2D eigenvalue weighted by atomic mass is 31.2. The van der Waals surface area contributed by atoms with E-state index in [9.17, 15) is 9.36 Å². The van der Waals surface area contributed by atoms with Gasteiger partial charge >= 0.3 is 7.60 Å². The highest BCUT2D eigenvalue weighted by molar-refractivity contribution is 7.52. The number of hydrogen-bond acceptors (Lipinski definition) is 4. The monoisotopic (exact) mass is 196 g/mol. The number of nitrogens with two attached hydrogens (primary N) is 1. The maximum Gasteiger partial charge on any atom is 0.328 e. The van der Waals surface area contributed by atoms with Gasteiger partial charge in [0.2, 0.25) is 5.91 Å². The third-order valence-electron chi connectivity index (χ3n) is 1.38. The maximum atomic E-state index is 10.9. The van der Waals surface area contributed by atoms with Crippen LogP contribution in [-0.2, 0) is 13.9 Å². The minimum atomic E-state index is -3.61. The molecule has 7 heteroatoms. The summed E-state index contributed by atoms with van der Waals surface area (Å²) < 4.78 is 15.2. The number of carbonyl (C=O) groups is 1. The largest absolute Gasteiger partial charge is 0.328 e. The molecule has 0 aliphatic carbocycles. The third kappa shape index (κ3) is 3.82. The summed E-state index contributed by atoms with van der Waals surface area (Å²) in [6, 6.07) is 0. The molecule has 0 aromatic rings. The van der Waals surface area contributed by atoms with Crippen LogP contribution in [0.4, 0.5) is 0 Å². The quantitative estimate of drug-likeness (QED) is 0.242. The standard InChI is InChI=1S/C5H13N2O4P/c1-4(5(8)7-6)3-12(9,10)11-2/h4H,3,6H2,1-2H3,(H,7,8)(H,9,10)/t4-/m1/s1. The summed E-state index contributed by atoms with van der Waals surface area (Å²) in [5, 5.41) is 0. The van der Waals surface area contributed by atoms with E-state index in [-0.39, 0.29) is 6.16 Å². The summed E-state index contributed by atoms with van der Waals surface area (Å²) in [5.41, 5.74) is 1.88. The molecule has 0 aliphatic heterocycles. The van der Waals surface area contributed by atoms with E-state index in [0.29, 0.717) is 0 Å². The van der Waals surface area contributed by atoms with Crippen LogP contribution in [0.1, 0.15) is 6.92 Å². The molecule has 0 saturated carbocycles. The number of hydrazine groups is 1. The summed E-state index contributed by atoms with van der Waals surface area (Å²) >= 11 is 0. The second-order valence-electron chi connectivity index (χ2n) is 2.41. The zero-order valence-electron chi connectivity index (χ0n) is 6.98. The number of rotatable bonds is 4. The van der Waals surface area contributed by atoms with Crippen molar-refractivity contribution >= 4 is 13.5 Å². The highest BCUT2D eigenvalue weighted by Gasteiger charge is 2.25. The Bertz CT molecular complexity index is 208. The van der Waals surface area contributed by atoms with E-state index < -0.39 is 19.4 Å². The Morgan fingerprint density at radius 2 is 2.33 bits per heavy atom. The van der Waals surface area contributed by atoms with Crippen LogP contribution in [0.2, 0.25) is 0 Å². The molecule has 0 aliphatic rings. The smallest absolute Gasteiger partial charge is 0.324 e. The van der Waals surface area contributed by atoms with Crippen LogP contribution in [0.15, 0.2) is 0 Å². The first kappa shape index (κ1) is 11.6. The number of amides is 1. The van der Waals surface area contributed by atoms with Gasteiger partial charge in [-0.25, -0.2) is 5.84 Å². The molecule has 2 atom stereocenters. The molecule has 0 aromatic heterocycles. The van der Waals surface area contributed by atoms with Crippen molar-refractivity contribution in [1.82, 2.24) is 5.43 Å². The van der Waals surface area contributed by atoms with Gasteiger partial charge in [0.1, 0.15) is 0 Å². The minimum Gasteiger partial charge on any atom is -0.324 e.